The van der Waals surface area contributed by atoms with Crippen LogP contribution >= 0.6 is 11.8 Å². The molecule has 4 nitrogen and oxygen atoms in total. The number of carboxylic acid groups (broad SMARTS) is 1. The summed E-state index contributed by atoms with van der Waals surface area (Å²) in [5, 5.41) is 11.6. The van der Waals surface area contributed by atoms with Gasteiger partial charge in [0.05, 0.1) is 11.3 Å². The van der Waals surface area contributed by atoms with Crippen LogP contribution in [-0.2, 0) is 17.1 Å². The van der Waals surface area contributed by atoms with E-state index in [0.29, 0.717) is 12.3 Å². The summed E-state index contributed by atoms with van der Waals surface area (Å²) in [5.41, 5.74) is 2.32. The van der Waals surface area contributed by atoms with E-state index in [9.17, 15) is 9.59 Å². The molecule has 2 aromatic rings. The van der Waals surface area contributed by atoms with Crippen molar-refractivity contribution in [1.29, 1.82) is 0 Å². The smallest absolute Gasteiger partial charge is 0.335 e. The third-order valence-corrected chi connectivity index (χ3v) is 4.04. The molecule has 114 valence electrons. The molecule has 2 aromatic carbocycles. The molecule has 22 heavy (non-hydrogen) atoms. The lowest BCUT2D eigenvalue weighted by Crippen LogP contribution is -2.24. The average Bonchev–Trinajstić information content (AvgIpc) is 2.54. The number of nitrogens with one attached hydrogen (secondary N) is 1. The van der Waals surface area contributed by atoms with E-state index >= 15 is 0 Å². The number of aromatic carboxylic acids is 1. The monoisotopic (exact) mass is 315 g/mol. The normalized spacial score (nSPS) is 10.2. The molecule has 0 bridgehead atoms. The van der Waals surface area contributed by atoms with Crippen LogP contribution in [0.25, 0.3) is 0 Å². The molecule has 0 saturated heterocycles. The van der Waals surface area contributed by atoms with Crippen LogP contribution in [0.5, 0.6) is 0 Å². The van der Waals surface area contributed by atoms with E-state index in [0.717, 1.165) is 11.3 Å². The Morgan fingerprint density at radius 2 is 1.64 bits per heavy atom. The summed E-state index contributed by atoms with van der Waals surface area (Å²) >= 11 is 1.57. The van der Waals surface area contributed by atoms with Gasteiger partial charge in [0.2, 0.25) is 5.91 Å². The highest BCUT2D eigenvalue weighted by Crippen LogP contribution is 2.11. The number of carboxylic acids is 1. The number of carbonyl (C=O) groups is 2. The van der Waals surface area contributed by atoms with Gasteiger partial charge in [0.25, 0.3) is 0 Å². The first-order valence-electron chi connectivity index (χ1n) is 6.86. The van der Waals surface area contributed by atoms with Crippen LogP contribution in [0, 0.1) is 0 Å². The van der Waals surface area contributed by atoms with E-state index in [2.05, 4.69) is 5.32 Å². The summed E-state index contributed by atoms with van der Waals surface area (Å²) in [4.78, 5) is 22.5. The average molecular weight is 315 g/mol. The van der Waals surface area contributed by atoms with Gasteiger partial charge in [0.15, 0.2) is 0 Å². The van der Waals surface area contributed by atoms with Crippen molar-refractivity contribution in [2.24, 2.45) is 0 Å². The molecule has 2 rings (SSSR count). The second-order valence-corrected chi connectivity index (χ2v) is 5.74. The maximum absolute atomic E-state index is 11.8. The van der Waals surface area contributed by atoms with Gasteiger partial charge in [0.1, 0.15) is 0 Å². The lowest BCUT2D eigenvalue weighted by molar-refractivity contribution is -0.118. The Morgan fingerprint density at radius 3 is 2.27 bits per heavy atom. The quantitative estimate of drug-likeness (QED) is 0.824. The molecule has 0 spiro atoms. The third-order valence-electron chi connectivity index (χ3n) is 3.04. The van der Waals surface area contributed by atoms with Crippen LogP contribution in [0.2, 0.25) is 0 Å². The molecule has 0 saturated carbocycles. The summed E-state index contributed by atoms with van der Waals surface area (Å²) in [7, 11) is 0. The fourth-order valence-electron chi connectivity index (χ4n) is 1.85. The summed E-state index contributed by atoms with van der Waals surface area (Å²) in [6.07, 6.45) is 0. The van der Waals surface area contributed by atoms with Gasteiger partial charge in [-0.2, -0.15) is 0 Å². The summed E-state index contributed by atoms with van der Waals surface area (Å²) < 4.78 is 0. The van der Waals surface area contributed by atoms with E-state index in [1.54, 1.807) is 23.9 Å². The minimum atomic E-state index is -0.951. The second kappa shape index (κ2) is 8.24. The number of benzene rings is 2. The van der Waals surface area contributed by atoms with Crippen LogP contribution in [0.15, 0.2) is 54.6 Å². The zero-order chi connectivity index (χ0) is 15.8. The predicted octanol–water partition coefficient (Wildman–Crippen LogP) is 2.93. The topological polar surface area (TPSA) is 66.4 Å². The first-order valence-corrected chi connectivity index (χ1v) is 8.01. The lowest BCUT2D eigenvalue weighted by atomic mass is 10.1. The Labute approximate surface area is 133 Å². The van der Waals surface area contributed by atoms with Gasteiger partial charge in [0, 0.05) is 12.3 Å². The van der Waals surface area contributed by atoms with Crippen LogP contribution in [-0.4, -0.2) is 22.7 Å². The standard InChI is InChI=1S/C17H17NO3S/c19-16(12-22-11-14-4-2-1-3-5-14)18-10-13-6-8-15(9-7-13)17(20)21/h1-9H,10-12H2,(H,18,19)(H,20,21). The van der Waals surface area contributed by atoms with Crippen molar-refractivity contribution in [3.05, 3.63) is 71.3 Å². The number of hydrogen-bond acceptors (Lipinski definition) is 3. The molecule has 2 N–H and O–H groups in total. The highest BCUT2D eigenvalue weighted by molar-refractivity contribution is 7.99. The Morgan fingerprint density at radius 1 is 0.955 bits per heavy atom. The van der Waals surface area contributed by atoms with Crippen molar-refractivity contribution in [2.75, 3.05) is 5.75 Å². The van der Waals surface area contributed by atoms with E-state index in [1.165, 1.54) is 17.7 Å². The number of carbonyl (C=O) groups excluding carboxylic acids is 1. The van der Waals surface area contributed by atoms with Gasteiger partial charge in [-0.1, -0.05) is 42.5 Å². The Bertz CT molecular complexity index is 626. The van der Waals surface area contributed by atoms with Crippen LogP contribution < -0.4 is 5.32 Å². The molecular formula is C17H17NO3S. The maximum atomic E-state index is 11.8. The zero-order valence-corrected chi connectivity index (χ0v) is 12.8. The first-order chi connectivity index (χ1) is 10.6. The van der Waals surface area contributed by atoms with Crippen LogP contribution in [0.4, 0.5) is 0 Å². The number of hydrogen-bond donors (Lipinski definition) is 2. The fourth-order valence-corrected chi connectivity index (χ4v) is 2.67. The molecule has 0 aliphatic carbocycles. The minimum Gasteiger partial charge on any atom is -0.478 e. The van der Waals surface area contributed by atoms with Gasteiger partial charge in [-0.15, -0.1) is 11.8 Å². The van der Waals surface area contributed by atoms with Gasteiger partial charge >= 0.3 is 5.97 Å². The minimum absolute atomic E-state index is 0.0248. The molecule has 0 unspecified atom stereocenters. The molecule has 0 fully saturated rings. The molecular weight excluding hydrogens is 298 g/mol. The zero-order valence-electron chi connectivity index (χ0n) is 12.0. The number of amides is 1. The van der Waals surface area contributed by atoms with Crippen molar-refractivity contribution in [3.63, 3.8) is 0 Å². The summed E-state index contributed by atoms with van der Waals surface area (Å²) in [6, 6.07) is 16.5. The van der Waals surface area contributed by atoms with Crippen molar-refractivity contribution in [2.45, 2.75) is 12.3 Å². The van der Waals surface area contributed by atoms with Crippen molar-refractivity contribution < 1.29 is 14.7 Å². The van der Waals surface area contributed by atoms with Crippen molar-refractivity contribution in [3.8, 4) is 0 Å². The lowest BCUT2D eigenvalue weighted by Gasteiger charge is -2.06. The van der Waals surface area contributed by atoms with E-state index in [-0.39, 0.29) is 11.5 Å². The predicted molar refractivity (Wildman–Crippen MR) is 87.9 cm³/mol. The summed E-state index contributed by atoms with van der Waals surface area (Å²) in [5.74, 6) is 0.236. The van der Waals surface area contributed by atoms with E-state index in [4.69, 9.17) is 5.11 Å². The molecule has 0 radical (unpaired) electrons. The van der Waals surface area contributed by atoms with Gasteiger partial charge in [-0.25, -0.2) is 4.79 Å². The molecule has 5 heteroatoms. The van der Waals surface area contributed by atoms with Crippen molar-refractivity contribution >= 4 is 23.6 Å². The van der Waals surface area contributed by atoms with Gasteiger partial charge < -0.3 is 10.4 Å². The molecule has 0 aliphatic heterocycles. The van der Waals surface area contributed by atoms with Gasteiger partial charge in [-0.05, 0) is 23.3 Å². The molecule has 0 aliphatic rings. The molecule has 0 atom stereocenters. The number of thioether (sulfide) groups is 1. The summed E-state index contributed by atoms with van der Waals surface area (Å²) in [6.45, 7) is 0.407. The highest BCUT2D eigenvalue weighted by atomic mass is 32.2. The van der Waals surface area contributed by atoms with E-state index < -0.39 is 5.97 Å². The third kappa shape index (κ3) is 5.26. The Hall–Kier alpha value is -2.27. The number of rotatable bonds is 7. The van der Waals surface area contributed by atoms with Gasteiger partial charge in [-0.3, -0.25) is 4.79 Å². The van der Waals surface area contributed by atoms with E-state index in [1.807, 2.05) is 30.3 Å². The first kappa shape index (κ1) is 16.1. The van der Waals surface area contributed by atoms with Crippen LogP contribution in [0.3, 0.4) is 0 Å². The maximum Gasteiger partial charge on any atom is 0.335 e. The Kier molecular flexibility index (Phi) is 6.03. The molecule has 0 aromatic heterocycles. The largest absolute Gasteiger partial charge is 0.478 e. The van der Waals surface area contributed by atoms with Crippen molar-refractivity contribution in [1.82, 2.24) is 5.32 Å². The highest BCUT2D eigenvalue weighted by Gasteiger charge is 2.04. The molecule has 1 amide bonds. The molecule has 0 heterocycles. The second-order valence-electron chi connectivity index (χ2n) is 4.76. The Balaban J connectivity index is 1.70. The SMILES string of the molecule is O=C(CSCc1ccccc1)NCc1ccc(C(=O)O)cc1. The van der Waals surface area contributed by atoms with Crippen LogP contribution in [0.1, 0.15) is 21.5 Å². The fraction of sp³-hybridized carbons (Fsp3) is 0.176.